The van der Waals surface area contributed by atoms with E-state index < -0.39 is 5.41 Å². The van der Waals surface area contributed by atoms with Gasteiger partial charge in [-0.1, -0.05) is 78.9 Å². The molecule has 4 aromatic rings. The molecule has 6 rings (SSSR count). The summed E-state index contributed by atoms with van der Waals surface area (Å²) < 4.78 is 0. The maximum Gasteiger partial charge on any atom is 0.118 e. The van der Waals surface area contributed by atoms with Crippen LogP contribution in [0.2, 0.25) is 0 Å². The standard InChI is InChI=1S/C30H26O/c1-19-17-22(13-15-24(19)21-11-12-21)30(23-14-16-29(31)20(2)18-23)27-9-5-3-7-25(27)26-8-4-6-10-28(26)30/h3-10,13-18,21,31H,11-12H2,1-2H3. The summed E-state index contributed by atoms with van der Waals surface area (Å²) in [6.45, 7) is 4.25. The Kier molecular flexibility index (Phi) is 3.92. The minimum absolute atomic E-state index is 0.346. The Morgan fingerprint density at radius 3 is 1.77 bits per heavy atom. The van der Waals surface area contributed by atoms with E-state index in [1.807, 2.05) is 13.0 Å². The predicted octanol–water partition coefficient (Wildman–Crippen LogP) is 7.25. The van der Waals surface area contributed by atoms with Gasteiger partial charge in [-0.2, -0.15) is 0 Å². The molecule has 1 nitrogen and oxygen atoms in total. The molecule has 152 valence electrons. The van der Waals surface area contributed by atoms with Gasteiger partial charge >= 0.3 is 0 Å². The van der Waals surface area contributed by atoms with Crippen LogP contribution in [0.15, 0.2) is 84.9 Å². The first-order valence-electron chi connectivity index (χ1n) is 11.2. The van der Waals surface area contributed by atoms with E-state index in [1.54, 1.807) is 0 Å². The van der Waals surface area contributed by atoms with E-state index in [4.69, 9.17) is 0 Å². The molecule has 31 heavy (non-hydrogen) atoms. The number of rotatable bonds is 3. The van der Waals surface area contributed by atoms with Crippen molar-refractivity contribution in [1.82, 2.24) is 0 Å². The third-order valence-corrected chi connectivity index (χ3v) is 7.30. The van der Waals surface area contributed by atoms with Crippen LogP contribution in [0, 0.1) is 13.8 Å². The van der Waals surface area contributed by atoms with Crippen molar-refractivity contribution >= 4 is 0 Å². The summed E-state index contributed by atoms with van der Waals surface area (Å²) in [5, 5.41) is 10.3. The van der Waals surface area contributed by atoms with Crippen molar-refractivity contribution in [3.8, 4) is 16.9 Å². The number of benzene rings is 4. The summed E-state index contributed by atoms with van der Waals surface area (Å²) in [5.74, 6) is 1.09. The van der Waals surface area contributed by atoms with Crippen LogP contribution in [-0.4, -0.2) is 5.11 Å². The van der Waals surface area contributed by atoms with E-state index in [1.165, 1.54) is 57.3 Å². The molecule has 1 saturated carbocycles. The van der Waals surface area contributed by atoms with Crippen LogP contribution < -0.4 is 0 Å². The highest BCUT2D eigenvalue weighted by molar-refractivity contribution is 5.86. The molecule has 4 aromatic carbocycles. The van der Waals surface area contributed by atoms with Gasteiger partial charge in [-0.3, -0.25) is 0 Å². The van der Waals surface area contributed by atoms with E-state index in [0.717, 1.165) is 11.5 Å². The normalized spacial score (nSPS) is 16.1. The highest BCUT2D eigenvalue weighted by Gasteiger charge is 2.46. The summed E-state index contributed by atoms with van der Waals surface area (Å²) in [7, 11) is 0. The van der Waals surface area contributed by atoms with E-state index in [-0.39, 0.29) is 0 Å². The van der Waals surface area contributed by atoms with Gasteiger partial charge in [0.1, 0.15) is 5.75 Å². The Hall–Kier alpha value is -3.32. The van der Waals surface area contributed by atoms with E-state index in [2.05, 4.69) is 85.8 Å². The van der Waals surface area contributed by atoms with Gasteiger partial charge in [0, 0.05) is 0 Å². The topological polar surface area (TPSA) is 20.2 Å². The molecule has 0 amide bonds. The van der Waals surface area contributed by atoms with Crippen LogP contribution in [-0.2, 0) is 5.41 Å². The number of hydrogen-bond donors (Lipinski definition) is 1. The number of fused-ring (bicyclic) bond motifs is 3. The van der Waals surface area contributed by atoms with Gasteiger partial charge in [-0.25, -0.2) is 0 Å². The van der Waals surface area contributed by atoms with Crippen LogP contribution in [0.3, 0.4) is 0 Å². The SMILES string of the molecule is Cc1cc(C2(c3ccc(C4CC4)c(C)c3)c3ccccc3-c3ccccc32)ccc1O. The third-order valence-electron chi connectivity index (χ3n) is 7.30. The molecule has 0 spiro atoms. The highest BCUT2D eigenvalue weighted by Crippen LogP contribution is 2.56. The van der Waals surface area contributed by atoms with E-state index in [0.29, 0.717) is 5.75 Å². The molecule has 2 aliphatic carbocycles. The lowest BCUT2D eigenvalue weighted by molar-refractivity contribution is 0.470. The van der Waals surface area contributed by atoms with Gasteiger partial charge in [-0.05, 0) is 88.7 Å². The van der Waals surface area contributed by atoms with Crippen molar-refractivity contribution in [2.24, 2.45) is 0 Å². The van der Waals surface area contributed by atoms with Gasteiger partial charge in [0.25, 0.3) is 0 Å². The second-order valence-corrected chi connectivity index (χ2v) is 9.19. The molecule has 1 fully saturated rings. The maximum absolute atomic E-state index is 10.3. The Morgan fingerprint density at radius 1 is 0.677 bits per heavy atom. The third kappa shape index (κ3) is 2.56. The van der Waals surface area contributed by atoms with Crippen molar-refractivity contribution in [1.29, 1.82) is 0 Å². The zero-order chi connectivity index (χ0) is 21.2. The van der Waals surface area contributed by atoms with Gasteiger partial charge in [0.15, 0.2) is 0 Å². The molecule has 2 aliphatic rings. The lowest BCUT2D eigenvalue weighted by Gasteiger charge is -2.34. The van der Waals surface area contributed by atoms with Crippen molar-refractivity contribution in [2.75, 3.05) is 0 Å². The molecule has 0 aliphatic heterocycles. The summed E-state index contributed by atoms with van der Waals surface area (Å²) >= 11 is 0. The molecule has 0 bridgehead atoms. The fourth-order valence-corrected chi connectivity index (χ4v) is 5.67. The van der Waals surface area contributed by atoms with Gasteiger partial charge in [0.2, 0.25) is 0 Å². The van der Waals surface area contributed by atoms with Crippen molar-refractivity contribution in [3.05, 3.63) is 124 Å². The summed E-state index contributed by atoms with van der Waals surface area (Å²) in [6, 6.07) is 30.9. The molecule has 0 atom stereocenters. The second kappa shape index (κ2) is 6.59. The van der Waals surface area contributed by atoms with Gasteiger partial charge < -0.3 is 5.11 Å². The number of aromatic hydroxyl groups is 1. The molecule has 1 N–H and O–H groups in total. The Bertz CT molecular complexity index is 1280. The van der Waals surface area contributed by atoms with Crippen molar-refractivity contribution in [2.45, 2.75) is 38.0 Å². The minimum atomic E-state index is -0.390. The highest BCUT2D eigenvalue weighted by atomic mass is 16.3. The first kappa shape index (κ1) is 18.4. The molecule has 0 heterocycles. The fourth-order valence-electron chi connectivity index (χ4n) is 5.67. The largest absolute Gasteiger partial charge is 0.508 e. The molecule has 0 saturated heterocycles. The smallest absolute Gasteiger partial charge is 0.118 e. The Labute approximate surface area is 184 Å². The predicted molar refractivity (Wildman–Crippen MR) is 127 cm³/mol. The van der Waals surface area contributed by atoms with Crippen LogP contribution in [0.5, 0.6) is 5.75 Å². The monoisotopic (exact) mass is 402 g/mol. The second-order valence-electron chi connectivity index (χ2n) is 9.19. The van der Waals surface area contributed by atoms with E-state index >= 15 is 0 Å². The number of phenols is 1. The number of hydrogen-bond acceptors (Lipinski definition) is 1. The summed E-state index contributed by atoms with van der Waals surface area (Å²) in [4.78, 5) is 0. The van der Waals surface area contributed by atoms with Crippen LogP contribution in [0.4, 0.5) is 0 Å². The molecule has 1 heteroatoms. The van der Waals surface area contributed by atoms with Gasteiger partial charge in [-0.15, -0.1) is 0 Å². The van der Waals surface area contributed by atoms with Crippen LogP contribution in [0.25, 0.3) is 11.1 Å². The van der Waals surface area contributed by atoms with E-state index in [9.17, 15) is 5.11 Å². The average Bonchev–Trinajstić information content (AvgIpc) is 3.58. The quantitative estimate of drug-likeness (QED) is 0.337. The zero-order valence-electron chi connectivity index (χ0n) is 18.0. The summed E-state index contributed by atoms with van der Waals surface area (Å²) in [6.07, 6.45) is 2.63. The lowest BCUT2D eigenvalue weighted by atomic mass is 9.67. The van der Waals surface area contributed by atoms with Crippen molar-refractivity contribution < 1.29 is 5.11 Å². The van der Waals surface area contributed by atoms with Gasteiger partial charge in [0.05, 0.1) is 5.41 Å². The van der Waals surface area contributed by atoms with Crippen LogP contribution in [0.1, 0.15) is 57.7 Å². The molecule has 0 unspecified atom stereocenters. The average molecular weight is 403 g/mol. The number of aryl methyl sites for hydroxylation is 2. The molecular formula is C30H26O. The van der Waals surface area contributed by atoms with Crippen molar-refractivity contribution in [3.63, 3.8) is 0 Å². The molecule has 0 radical (unpaired) electrons. The maximum atomic E-state index is 10.3. The minimum Gasteiger partial charge on any atom is -0.508 e. The summed E-state index contributed by atoms with van der Waals surface area (Å²) in [5.41, 5.74) is 11.1. The zero-order valence-corrected chi connectivity index (χ0v) is 18.0. The Balaban J connectivity index is 1.73. The Morgan fingerprint density at radius 2 is 1.23 bits per heavy atom. The molecule has 0 aromatic heterocycles. The number of phenolic OH excluding ortho intramolecular Hbond substituents is 1. The van der Waals surface area contributed by atoms with Crippen LogP contribution >= 0.6 is 0 Å². The fraction of sp³-hybridized carbons (Fsp3) is 0.200. The molecular weight excluding hydrogens is 376 g/mol. The first-order valence-corrected chi connectivity index (χ1v) is 11.2. The lowest BCUT2D eigenvalue weighted by Crippen LogP contribution is -2.29. The first-order chi connectivity index (χ1) is 15.1.